The Balaban J connectivity index is 2.84. The topological polar surface area (TPSA) is 52.3 Å². The smallest absolute Gasteiger partial charge is 0.165 e. The zero-order valence-electron chi connectivity index (χ0n) is 7.92. The van der Waals surface area contributed by atoms with Crippen LogP contribution in [0.2, 0.25) is 0 Å². The summed E-state index contributed by atoms with van der Waals surface area (Å²) in [6, 6.07) is 4.33. The summed E-state index contributed by atoms with van der Waals surface area (Å²) >= 11 is 0. The van der Waals surface area contributed by atoms with Crippen LogP contribution in [0, 0.1) is 5.82 Å². The Kier molecular flexibility index (Phi) is 3.59. The summed E-state index contributed by atoms with van der Waals surface area (Å²) in [5, 5.41) is 0. The first kappa shape index (κ1) is 10.7. The van der Waals surface area contributed by atoms with E-state index in [1.54, 1.807) is 6.07 Å². The molecule has 0 heterocycles. The number of methoxy groups -OCH3 is 1. The number of carbonyl (C=O) groups excluding carboxylic acids is 1. The fourth-order valence-corrected chi connectivity index (χ4v) is 1.11. The van der Waals surface area contributed by atoms with E-state index in [-0.39, 0.29) is 24.5 Å². The third-order valence-corrected chi connectivity index (χ3v) is 1.84. The Morgan fingerprint density at radius 3 is 2.86 bits per heavy atom. The average Bonchev–Trinajstić information content (AvgIpc) is 2.20. The fraction of sp³-hybridized carbons (Fsp3) is 0.300. The van der Waals surface area contributed by atoms with E-state index in [1.807, 2.05) is 0 Å². The summed E-state index contributed by atoms with van der Waals surface area (Å²) in [7, 11) is 1.38. The highest BCUT2D eigenvalue weighted by Crippen LogP contribution is 2.18. The van der Waals surface area contributed by atoms with Crippen molar-refractivity contribution in [2.75, 3.05) is 13.7 Å². The van der Waals surface area contributed by atoms with Crippen LogP contribution in [0.1, 0.15) is 5.56 Å². The lowest BCUT2D eigenvalue weighted by Gasteiger charge is -2.04. The van der Waals surface area contributed by atoms with Crippen molar-refractivity contribution in [2.24, 2.45) is 5.73 Å². The van der Waals surface area contributed by atoms with Crippen molar-refractivity contribution in [3.05, 3.63) is 29.6 Å². The van der Waals surface area contributed by atoms with Gasteiger partial charge in [0.2, 0.25) is 0 Å². The lowest BCUT2D eigenvalue weighted by molar-refractivity contribution is -0.117. The molecule has 3 nitrogen and oxygen atoms in total. The molecule has 1 rings (SSSR count). The number of hydrogen-bond donors (Lipinski definition) is 1. The maximum atomic E-state index is 13.0. The number of carbonyl (C=O) groups is 1. The minimum absolute atomic E-state index is 0.000306. The molecule has 2 N–H and O–H groups in total. The van der Waals surface area contributed by atoms with E-state index in [0.29, 0.717) is 5.56 Å². The second-order valence-corrected chi connectivity index (χ2v) is 2.89. The minimum atomic E-state index is -0.434. The monoisotopic (exact) mass is 197 g/mol. The first-order valence-corrected chi connectivity index (χ1v) is 4.21. The van der Waals surface area contributed by atoms with Crippen molar-refractivity contribution in [1.29, 1.82) is 0 Å². The molecule has 76 valence electrons. The van der Waals surface area contributed by atoms with E-state index in [9.17, 15) is 9.18 Å². The molecule has 0 spiro atoms. The number of nitrogens with two attached hydrogens (primary N) is 1. The van der Waals surface area contributed by atoms with Crippen LogP contribution < -0.4 is 10.5 Å². The van der Waals surface area contributed by atoms with Gasteiger partial charge in [0.05, 0.1) is 13.7 Å². The Morgan fingerprint density at radius 2 is 2.29 bits per heavy atom. The van der Waals surface area contributed by atoms with Crippen molar-refractivity contribution in [2.45, 2.75) is 6.42 Å². The molecule has 0 unspecified atom stereocenters. The predicted molar refractivity (Wildman–Crippen MR) is 50.7 cm³/mol. The van der Waals surface area contributed by atoms with Gasteiger partial charge in [0.1, 0.15) is 0 Å². The van der Waals surface area contributed by atoms with Crippen LogP contribution in [0.5, 0.6) is 5.75 Å². The van der Waals surface area contributed by atoms with E-state index >= 15 is 0 Å². The van der Waals surface area contributed by atoms with Gasteiger partial charge in [-0.2, -0.15) is 0 Å². The zero-order chi connectivity index (χ0) is 10.6. The molecule has 0 radical (unpaired) electrons. The van der Waals surface area contributed by atoms with Gasteiger partial charge < -0.3 is 10.5 Å². The van der Waals surface area contributed by atoms with Crippen LogP contribution in [-0.2, 0) is 11.2 Å². The second-order valence-electron chi connectivity index (χ2n) is 2.89. The average molecular weight is 197 g/mol. The lowest BCUT2D eigenvalue weighted by Crippen LogP contribution is -2.15. The number of hydrogen-bond acceptors (Lipinski definition) is 3. The third-order valence-electron chi connectivity index (χ3n) is 1.84. The number of ether oxygens (including phenoxy) is 1. The molecule has 0 aliphatic carbocycles. The van der Waals surface area contributed by atoms with Gasteiger partial charge >= 0.3 is 0 Å². The molecule has 4 heteroatoms. The SMILES string of the molecule is COc1cc(CC(=O)CN)ccc1F. The molecule has 0 aliphatic heterocycles. The second kappa shape index (κ2) is 4.72. The van der Waals surface area contributed by atoms with E-state index < -0.39 is 5.82 Å². The molecule has 0 saturated carbocycles. The molecule has 1 aromatic carbocycles. The molecule has 0 fully saturated rings. The Labute approximate surface area is 81.7 Å². The predicted octanol–water partition coefficient (Wildman–Crippen LogP) is 0.905. The molecular weight excluding hydrogens is 185 g/mol. The van der Waals surface area contributed by atoms with Crippen LogP contribution in [-0.4, -0.2) is 19.4 Å². The van der Waals surface area contributed by atoms with E-state index in [2.05, 4.69) is 0 Å². The van der Waals surface area contributed by atoms with Gasteiger partial charge in [-0.3, -0.25) is 4.79 Å². The molecule has 0 saturated heterocycles. The largest absolute Gasteiger partial charge is 0.494 e. The van der Waals surface area contributed by atoms with E-state index in [0.717, 1.165) is 0 Å². The highest BCUT2D eigenvalue weighted by atomic mass is 19.1. The van der Waals surface area contributed by atoms with Gasteiger partial charge in [0, 0.05) is 6.42 Å². The first-order chi connectivity index (χ1) is 6.67. The molecule has 0 bridgehead atoms. The normalized spacial score (nSPS) is 9.93. The molecular formula is C10H12FNO2. The van der Waals surface area contributed by atoms with Crippen LogP contribution in [0.4, 0.5) is 4.39 Å². The van der Waals surface area contributed by atoms with E-state index in [4.69, 9.17) is 10.5 Å². The van der Waals surface area contributed by atoms with Gasteiger partial charge in [-0.05, 0) is 17.7 Å². The molecule has 1 aromatic rings. The maximum Gasteiger partial charge on any atom is 0.165 e. The Morgan fingerprint density at radius 1 is 1.57 bits per heavy atom. The van der Waals surface area contributed by atoms with Crippen LogP contribution in [0.3, 0.4) is 0 Å². The van der Waals surface area contributed by atoms with Gasteiger partial charge in [-0.1, -0.05) is 6.07 Å². The zero-order valence-corrected chi connectivity index (χ0v) is 7.92. The number of benzene rings is 1. The van der Waals surface area contributed by atoms with E-state index in [1.165, 1.54) is 19.2 Å². The lowest BCUT2D eigenvalue weighted by atomic mass is 10.1. The van der Waals surface area contributed by atoms with Gasteiger partial charge in [0.25, 0.3) is 0 Å². The third kappa shape index (κ3) is 2.53. The maximum absolute atomic E-state index is 13.0. The molecule has 0 aromatic heterocycles. The van der Waals surface area contributed by atoms with Gasteiger partial charge in [-0.15, -0.1) is 0 Å². The summed E-state index contributed by atoms with van der Waals surface area (Å²) < 4.78 is 17.7. The first-order valence-electron chi connectivity index (χ1n) is 4.21. The number of ketones is 1. The summed E-state index contributed by atoms with van der Waals surface area (Å²) in [4.78, 5) is 11.0. The Bertz CT molecular complexity index is 339. The molecule has 0 aliphatic rings. The number of halogens is 1. The van der Waals surface area contributed by atoms with Crippen molar-refractivity contribution in [3.8, 4) is 5.75 Å². The minimum Gasteiger partial charge on any atom is -0.494 e. The molecule has 0 atom stereocenters. The quantitative estimate of drug-likeness (QED) is 0.780. The van der Waals surface area contributed by atoms with Gasteiger partial charge in [0.15, 0.2) is 17.3 Å². The standard InChI is InChI=1S/C10H12FNO2/c1-14-10-5-7(2-3-9(10)11)4-8(13)6-12/h2-3,5H,4,6,12H2,1H3. The van der Waals surface area contributed by atoms with Crippen molar-refractivity contribution in [3.63, 3.8) is 0 Å². The number of rotatable bonds is 4. The van der Waals surface area contributed by atoms with Crippen molar-refractivity contribution < 1.29 is 13.9 Å². The van der Waals surface area contributed by atoms with Crippen LogP contribution in [0.25, 0.3) is 0 Å². The summed E-state index contributed by atoms with van der Waals surface area (Å²) in [5.74, 6) is -0.373. The van der Waals surface area contributed by atoms with Crippen LogP contribution in [0.15, 0.2) is 18.2 Å². The summed E-state index contributed by atoms with van der Waals surface area (Å²) in [5.41, 5.74) is 5.87. The summed E-state index contributed by atoms with van der Waals surface area (Å²) in [6.07, 6.45) is 0.215. The fourth-order valence-electron chi connectivity index (χ4n) is 1.11. The molecule has 0 amide bonds. The Hall–Kier alpha value is -1.42. The van der Waals surface area contributed by atoms with Gasteiger partial charge in [-0.25, -0.2) is 4.39 Å². The van der Waals surface area contributed by atoms with Crippen molar-refractivity contribution >= 4 is 5.78 Å². The summed E-state index contributed by atoms with van der Waals surface area (Å²) in [6.45, 7) is -0.000306. The highest BCUT2D eigenvalue weighted by molar-refractivity contribution is 5.82. The number of Topliss-reactive ketones (excluding diaryl/α,β-unsaturated/α-hetero) is 1. The van der Waals surface area contributed by atoms with Crippen LogP contribution >= 0.6 is 0 Å². The molecule has 14 heavy (non-hydrogen) atoms. The highest BCUT2D eigenvalue weighted by Gasteiger charge is 2.06. The van der Waals surface area contributed by atoms with Crippen molar-refractivity contribution in [1.82, 2.24) is 0 Å².